The van der Waals surface area contributed by atoms with E-state index in [0.29, 0.717) is 20.9 Å². The highest BCUT2D eigenvalue weighted by atomic mass is 32.2. The molecular weight excluding hydrogens is 435 g/mol. The molecule has 2 heterocycles. The van der Waals surface area contributed by atoms with Crippen molar-refractivity contribution in [1.29, 1.82) is 0 Å². The van der Waals surface area contributed by atoms with Crippen molar-refractivity contribution in [2.75, 3.05) is 5.32 Å². The lowest BCUT2D eigenvalue weighted by molar-refractivity contribution is 0.0823. The van der Waals surface area contributed by atoms with Crippen LogP contribution in [-0.2, 0) is 18.4 Å². The summed E-state index contributed by atoms with van der Waals surface area (Å²) in [6.07, 6.45) is 8.19. The minimum Gasteiger partial charge on any atom is -0.385 e. The Kier molecular flexibility index (Phi) is 6.31. The van der Waals surface area contributed by atoms with Crippen LogP contribution >= 0.6 is 23.3 Å². The summed E-state index contributed by atoms with van der Waals surface area (Å²) in [6, 6.07) is 0.879. The van der Waals surface area contributed by atoms with E-state index < -0.39 is 11.6 Å². The lowest BCUT2D eigenvalue weighted by Crippen LogP contribution is -2.22. The molecule has 0 unspecified atom stereocenters. The van der Waals surface area contributed by atoms with Gasteiger partial charge in [0.15, 0.2) is 0 Å². The Morgan fingerprint density at radius 1 is 1.29 bits per heavy atom. The molecule has 5 rings (SSSR count). The molecule has 31 heavy (non-hydrogen) atoms. The second-order valence-corrected chi connectivity index (χ2v) is 11.0. The zero-order chi connectivity index (χ0) is 22.3. The molecule has 6 nitrogen and oxygen atoms in total. The first-order chi connectivity index (χ1) is 14.7. The van der Waals surface area contributed by atoms with Gasteiger partial charge in [0.25, 0.3) is 0 Å². The van der Waals surface area contributed by atoms with Gasteiger partial charge < -0.3 is 16.2 Å². The molecule has 9 heteroatoms. The largest absolute Gasteiger partial charge is 0.385 e. The summed E-state index contributed by atoms with van der Waals surface area (Å²) in [6.45, 7) is 3.23. The van der Waals surface area contributed by atoms with Gasteiger partial charge in [0.1, 0.15) is 10.0 Å². The Balaban J connectivity index is 0.000000168. The van der Waals surface area contributed by atoms with Gasteiger partial charge in [-0.1, -0.05) is 0 Å². The second-order valence-electron chi connectivity index (χ2n) is 9.03. The van der Waals surface area contributed by atoms with Crippen molar-refractivity contribution in [3.63, 3.8) is 0 Å². The van der Waals surface area contributed by atoms with E-state index in [-0.39, 0.29) is 5.82 Å². The highest BCUT2D eigenvalue weighted by molar-refractivity contribution is 7.99. The van der Waals surface area contributed by atoms with E-state index in [1.807, 2.05) is 0 Å². The number of thiophene rings is 1. The van der Waals surface area contributed by atoms with Gasteiger partial charge in [0, 0.05) is 27.7 Å². The van der Waals surface area contributed by atoms with Crippen molar-refractivity contribution in [3.05, 3.63) is 39.3 Å². The standard InChI is InChI=1S/C15H19N3O.C7H10FNOS2/c16-15(19)18-14-10-2-1-3-11(10)17-13(9-6-7-9)12(14)8-4-5-8;1-7(2,10)5-3-4(8)6(11-5)12-9/h8-9H,1-7H2,(H3,16,17,18,19);3,10H,9H2,1-2H3. The summed E-state index contributed by atoms with van der Waals surface area (Å²) in [7, 11) is 0. The smallest absolute Gasteiger partial charge is 0.316 e. The van der Waals surface area contributed by atoms with E-state index in [9.17, 15) is 14.3 Å². The van der Waals surface area contributed by atoms with Crippen LogP contribution in [0.5, 0.6) is 0 Å². The number of anilines is 1. The SMILES string of the molecule is CC(C)(O)c1cc(F)c(SN)s1.NC(=O)Nc1c2c(nc(C3CC3)c1C1CC1)CCC2. The maximum atomic E-state index is 12.9. The molecule has 6 N–H and O–H groups in total. The first-order valence-electron chi connectivity index (χ1n) is 10.7. The fraction of sp³-hybridized carbons (Fsp3) is 0.545. The van der Waals surface area contributed by atoms with Crippen LogP contribution in [0.2, 0.25) is 0 Å². The lowest BCUT2D eigenvalue weighted by atomic mass is 9.98. The van der Waals surface area contributed by atoms with Crippen molar-refractivity contribution in [1.82, 2.24) is 4.98 Å². The van der Waals surface area contributed by atoms with Crippen LogP contribution in [0.3, 0.4) is 0 Å². The third-order valence-corrected chi connectivity index (χ3v) is 8.02. The molecule has 0 aromatic carbocycles. The van der Waals surface area contributed by atoms with Crippen LogP contribution in [0.15, 0.2) is 10.3 Å². The van der Waals surface area contributed by atoms with Crippen LogP contribution in [-0.4, -0.2) is 16.1 Å². The number of amides is 2. The lowest BCUT2D eigenvalue weighted by Gasteiger charge is -2.18. The number of halogens is 1. The summed E-state index contributed by atoms with van der Waals surface area (Å²) in [5, 5.41) is 17.6. The summed E-state index contributed by atoms with van der Waals surface area (Å²) >= 11 is 2.04. The molecule has 0 bridgehead atoms. The average Bonchev–Trinajstić information content (AvgIpc) is 3.61. The van der Waals surface area contributed by atoms with Crippen molar-refractivity contribution in [2.24, 2.45) is 10.9 Å². The Bertz CT molecular complexity index is 994. The Hall–Kier alpha value is -1.68. The average molecular weight is 465 g/mol. The van der Waals surface area contributed by atoms with Gasteiger partial charge in [-0.05, 0) is 88.3 Å². The van der Waals surface area contributed by atoms with Crippen LogP contribution < -0.4 is 16.2 Å². The van der Waals surface area contributed by atoms with E-state index in [0.717, 1.165) is 36.9 Å². The predicted molar refractivity (Wildman–Crippen MR) is 123 cm³/mol. The number of aryl methyl sites for hydroxylation is 1. The molecule has 168 valence electrons. The fourth-order valence-corrected chi connectivity index (χ4v) is 5.47. The number of rotatable bonds is 5. The molecule has 0 spiro atoms. The Labute approximate surface area is 190 Å². The number of aromatic nitrogens is 1. The number of carbonyl (C=O) groups is 1. The zero-order valence-corrected chi connectivity index (χ0v) is 19.5. The van der Waals surface area contributed by atoms with Gasteiger partial charge in [0.2, 0.25) is 0 Å². The van der Waals surface area contributed by atoms with Gasteiger partial charge in [-0.25, -0.2) is 9.18 Å². The van der Waals surface area contributed by atoms with Crippen LogP contribution in [0.1, 0.15) is 85.2 Å². The maximum absolute atomic E-state index is 12.9. The van der Waals surface area contributed by atoms with Crippen LogP contribution in [0.25, 0.3) is 0 Å². The molecule has 2 amide bonds. The molecule has 0 saturated heterocycles. The first kappa shape index (κ1) is 22.5. The van der Waals surface area contributed by atoms with Crippen molar-refractivity contribution >= 4 is 35.0 Å². The first-order valence-corrected chi connectivity index (χ1v) is 12.4. The summed E-state index contributed by atoms with van der Waals surface area (Å²) in [4.78, 5) is 16.9. The van der Waals surface area contributed by atoms with Crippen molar-refractivity contribution in [2.45, 2.75) is 80.4 Å². The minimum atomic E-state index is -0.987. The molecule has 3 aliphatic carbocycles. The molecule has 0 radical (unpaired) electrons. The summed E-state index contributed by atoms with van der Waals surface area (Å²) < 4.78 is 13.3. The Morgan fingerprint density at radius 3 is 2.45 bits per heavy atom. The molecule has 3 aliphatic rings. The van der Waals surface area contributed by atoms with E-state index in [2.05, 4.69) is 5.32 Å². The fourth-order valence-electron chi connectivity index (χ4n) is 4.07. The molecule has 2 saturated carbocycles. The maximum Gasteiger partial charge on any atom is 0.316 e. The number of carbonyl (C=O) groups excluding carboxylic acids is 1. The number of primary amides is 1. The highest BCUT2D eigenvalue weighted by Crippen LogP contribution is 2.52. The van der Waals surface area contributed by atoms with Crippen LogP contribution in [0, 0.1) is 5.82 Å². The third-order valence-electron chi connectivity index (χ3n) is 5.85. The summed E-state index contributed by atoms with van der Waals surface area (Å²) in [5.41, 5.74) is 10.5. The number of nitrogens with one attached hydrogen (secondary N) is 1. The van der Waals surface area contributed by atoms with E-state index in [4.69, 9.17) is 15.9 Å². The van der Waals surface area contributed by atoms with Gasteiger partial charge in [-0.3, -0.25) is 10.1 Å². The van der Waals surface area contributed by atoms with E-state index >= 15 is 0 Å². The number of nitrogens with zero attached hydrogens (tertiary/aromatic N) is 1. The number of urea groups is 1. The number of hydrogen-bond acceptors (Lipinski definition) is 6. The number of pyridine rings is 1. The van der Waals surface area contributed by atoms with Gasteiger partial charge in [-0.15, -0.1) is 11.3 Å². The van der Waals surface area contributed by atoms with Gasteiger partial charge in [0.05, 0.1) is 11.3 Å². The number of hydrogen-bond donors (Lipinski definition) is 4. The molecular formula is C22H29FN4O2S2. The highest BCUT2D eigenvalue weighted by Gasteiger charge is 2.38. The normalized spacial score (nSPS) is 17.7. The van der Waals surface area contributed by atoms with Crippen molar-refractivity contribution in [3.8, 4) is 0 Å². The van der Waals surface area contributed by atoms with Crippen molar-refractivity contribution < 1.29 is 14.3 Å². The Morgan fingerprint density at radius 2 is 1.97 bits per heavy atom. The second kappa shape index (κ2) is 8.69. The van der Waals surface area contributed by atoms with E-state index in [1.165, 1.54) is 65.6 Å². The minimum absolute atomic E-state index is 0.357. The molecule has 2 aromatic heterocycles. The summed E-state index contributed by atoms with van der Waals surface area (Å²) in [5.74, 6) is 0.885. The number of nitrogens with two attached hydrogens (primary N) is 2. The van der Waals surface area contributed by atoms with E-state index in [1.54, 1.807) is 13.8 Å². The van der Waals surface area contributed by atoms with Gasteiger partial charge in [-0.2, -0.15) is 0 Å². The predicted octanol–water partition coefficient (Wildman–Crippen LogP) is 4.90. The molecule has 0 atom stereocenters. The topological polar surface area (TPSA) is 114 Å². The third kappa shape index (κ3) is 5.05. The number of aliphatic hydroxyl groups is 1. The zero-order valence-electron chi connectivity index (χ0n) is 17.8. The quantitative estimate of drug-likeness (QED) is 0.470. The van der Waals surface area contributed by atoms with Crippen LogP contribution in [0.4, 0.5) is 14.9 Å². The number of fused-ring (bicyclic) bond motifs is 1. The molecule has 2 aromatic rings. The monoisotopic (exact) mass is 464 g/mol. The molecule has 0 aliphatic heterocycles. The van der Waals surface area contributed by atoms with Gasteiger partial charge >= 0.3 is 6.03 Å². The molecule has 2 fully saturated rings.